The first kappa shape index (κ1) is 12.0. The molecule has 0 unspecified atom stereocenters. The van der Waals surface area contributed by atoms with Gasteiger partial charge in [0.1, 0.15) is 6.61 Å². The molecule has 7 nitrogen and oxygen atoms in total. The van der Waals surface area contributed by atoms with E-state index < -0.39 is 0 Å². The third-order valence-corrected chi connectivity index (χ3v) is 3.63. The lowest BCUT2D eigenvalue weighted by molar-refractivity contribution is 0.0619. The minimum atomic E-state index is -0.236. The minimum absolute atomic E-state index is 0.139. The molecule has 0 radical (unpaired) electrons. The zero-order chi connectivity index (χ0) is 13.2. The van der Waals surface area contributed by atoms with Crippen LogP contribution in [0.5, 0.6) is 0 Å². The summed E-state index contributed by atoms with van der Waals surface area (Å²) in [5.41, 5.74) is 0. The van der Waals surface area contributed by atoms with Crippen molar-refractivity contribution in [2.24, 2.45) is 0 Å². The molecule has 0 saturated carbocycles. The summed E-state index contributed by atoms with van der Waals surface area (Å²) in [5.74, 6) is 0.124. The van der Waals surface area contributed by atoms with Crippen molar-refractivity contribution in [2.75, 3.05) is 26.2 Å². The van der Waals surface area contributed by atoms with Crippen molar-refractivity contribution < 1.29 is 18.8 Å². The molecular formula is C12H15N3O4. The maximum absolute atomic E-state index is 12.0. The van der Waals surface area contributed by atoms with Gasteiger partial charge < -0.3 is 19.1 Å². The smallest absolute Gasteiger partial charge is 0.410 e. The molecule has 2 fully saturated rings. The van der Waals surface area contributed by atoms with E-state index in [1.54, 1.807) is 15.9 Å². The third-order valence-electron chi connectivity index (χ3n) is 3.63. The summed E-state index contributed by atoms with van der Waals surface area (Å²) >= 11 is 0. The molecule has 0 bridgehead atoms. The molecule has 0 aromatic carbocycles. The molecule has 0 aliphatic carbocycles. The van der Waals surface area contributed by atoms with Gasteiger partial charge in [-0.05, 0) is 12.8 Å². The molecule has 7 heteroatoms. The summed E-state index contributed by atoms with van der Waals surface area (Å²) in [6.45, 7) is 2.36. The molecule has 2 aliphatic rings. The van der Waals surface area contributed by atoms with Crippen LogP contribution in [0.15, 0.2) is 16.8 Å². The van der Waals surface area contributed by atoms with Crippen molar-refractivity contribution in [3.8, 4) is 0 Å². The molecule has 2 amide bonds. The van der Waals surface area contributed by atoms with Gasteiger partial charge in [-0.1, -0.05) is 5.16 Å². The zero-order valence-electron chi connectivity index (χ0n) is 10.4. The number of amides is 2. The minimum Gasteiger partial charge on any atom is -0.448 e. The van der Waals surface area contributed by atoms with E-state index in [0.717, 1.165) is 12.8 Å². The summed E-state index contributed by atoms with van der Waals surface area (Å²) < 4.78 is 9.80. The predicted molar refractivity (Wildman–Crippen MR) is 63.5 cm³/mol. The van der Waals surface area contributed by atoms with Crippen molar-refractivity contribution in [3.05, 3.63) is 18.0 Å². The number of ether oxygens (including phenoxy) is 1. The first-order valence-corrected chi connectivity index (χ1v) is 6.39. The van der Waals surface area contributed by atoms with E-state index in [1.165, 1.54) is 6.20 Å². The number of cyclic esters (lactones) is 1. The number of rotatable bonds is 2. The van der Waals surface area contributed by atoms with Crippen LogP contribution in [0, 0.1) is 0 Å². The Morgan fingerprint density at radius 1 is 1.32 bits per heavy atom. The SMILES string of the molecule is O=C(c1ccno1)N1CCC(N2CCOC2=O)CC1. The van der Waals surface area contributed by atoms with Crippen LogP contribution in [0.3, 0.4) is 0 Å². The van der Waals surface area contributed by atoms with Gasteiger partial charge in [-0.3, -0.25) is 4.79 Å². The number of carbonyl (C=O) groups excluding carboxylic acids is 2. The molecule has 2 saturated heterocycles. The number of aromatic nitrogens is 1. The largest absolute Gasteiger partial charge is 0.448 e. The number of carbonyl (C=O) groups is 2. The fourth-order valence-electron chi connectivity index (χ4n) is 2.60. The van der Waals surface area contributed by atoms with Crippen LogP contribution < -0.4 is 0 Å². The highest BCUT2D eigenvalue weighted by atomic mass is 16.6. The third kappa shape index (κ3) is 2.27. The van der Waals surface area contributed by atoms with Crippen LogP contribution >= 0.6 is 0 Å². The van der Waals surface area contributed by atoms with E-state index in [2.05, 4.69) is 5.16 Å². The maximum atomic E-state index is 12.0. The van der Waals surface area contributed by atoms with E-state index in [9.17, 15) is 9.59 Å². The van der Waals surface area contributed by atoms with Gasteiger partial charge in [0, 0.05) is 25.2 Å². The van der Waals surface area contributed by atoms with Gasteiger partial charge in [0.05, 0.1) is 12.7 Å². The summed E-state index contributed by atoms with van der Waals surface area (Å²) in [6.07, 6.45) is 2.77. The van der Waals surface area contributed by atoms with Gasteiger partial charge in [-0.25, -0.2) is 4.79 Å². The van der Waals surface area contributed by atoms with Crippen molar-refractivity contribution in [1.82, 2.24) is 15.0 Å². The number of nitrogens with zero attached hydrogens (tertiary/aromatic N) is 3. The van der Waals surface area contributed by atoms with Gasteiger partial charge in [0.25, 0.3) is 5.91 Å². The second kappa shape index (κ2) is 4.91. The molecule has 3 heterocycles. The lowest BCUT2D eigenvalue weighted by atomic mass is 10.0. The molecule has 2 aliphatic heterocycles. The maximum Gasteiger partial charge on any atom is 0.410 e. The Balaban J connectivity index is 1.57. The highest BCUT2D eigenvalue weighted by Gasteiger charge is 2.33. The quantitative estimate of drug-likeness (QED) is 0.788. The first-order chi connectivity index (χ1) is 9.25. The van der Waals surface area contributed by atoms with Crippen molar-refractivity contribution in [3.63, 3.8) is 0 Å². The van der Waals surface area contributed by atoms with E-state index in [4.69, 9.17) is 9.26 Å². The van der Waals surface area contributed by atoms with Gasteiger partial charge in [-0.2, -0.15) is 0 Å². The lowest BCUT2D eigenvalue weighted by Crippen LogP contribution is -2.47. The Kier molecular flexibility index (Phi) is 3.10. The first-order valence-electron chi connectivity index (χ1n) is 6.39. The van der Waals surface area contributed by atoms with Gasteiger partial charge in [0.2, 0.25) is 5.76 Å². The van der Waals surface area contributed by atoms with Crippen LogP contribution in [0.25, 0.3) is 0 Å². The summed E-state index contributed by atoms with van der Waals surface area (Å²) in [6, 6.07) is 1.74. The number of likely N-dealkylation sites (tertiary alicyclic amines) is 1. The van der Waals surface area contributed by atoms with Gasteiger partial charge in [-0.15, -0.1) is 0 Å². The van der Waals surface area contributed by atoms with E-state index in [-0.39, 0.29) is 23.8 Å². The van der Waals surface area contributed by atoms with E-state index in [0.29, 0.717) is 26.2 Å². The normalized spacial score (nSPS) is 20.7. The molecule has 0 spiro atoms. The summed E-state index contributed by atoms with van der Waals surface area (Å²) in [7, 11) is 0. The molecule has 0 atom stereocenters. The monoisotopic (exact) mass is 265 g/mol. The number of piperidine rings is 1. The Bertz CT molecular complexity index is 465. The fraction of sp³-hybridized carbons (Fsp3) is 0.583. The van der Waals surface area contributed by atoms with Crippen LogP contribution in [0.4, 0.5) is 4.79 Å². The van der Waals surface area contributed by atoms with E-state index in [1.807, 2.05) is 0 Å². The van der Waals surface area contributed by atoms with Crippen LogP contribution in [0.2, 0.25) is 0 Å². The highest BCUT2D eigenvalue weighted by molar-refractivity contribution is 5.91. The number of hydrogen-bond acceptors (Lipinski definition) is 5. The Hall–Kier alpha value is -2.05. The molecule has 102 valence electrons. The topological polar surface area (TPSA) is 75.9 Å². The van der Waals surface area contributed by atoms with E-state index >= 15 is 0 Å². The molecule has 0 N–H and O–H groups in total. The number of hydrogen-bond donors (Lipinski definition) is 0. The van der Waals surface area contributed by atoms with Crippen molar-refractivity contribution >= 4 is 12.0 Å². The Labute approximate surface area is 110 Å². The zero-order valence-corrected chi connectivity index (χ0v) is 10.4. The molecule has 1 aromatic heterocycles. The summed E-state index contributed by atoms with van der Waals surface area (Å²) in [5, 5.41) is 3.53. The second-order valence-electron chi connectivity index (χ2n) is 4.71. The predicted octanol–water partition coefficient (Wildman–Crippen LogP) is 0.731. The lowest BCUT2D eigenvalue weighted by Gasteiger charge is -2.35. The molecule has 19 heavy (non-hydrogen) atoms. The average Bonchev–Trinajstić information content (AvgIpc) is 3.09. The average molecular weight is 265 g/mol. The van der Waals surface area contributed by atoms with Gasteiger partial charge in [0.15, 0.2) is 0 Å². The molecule has 3 rings (SSSR count). The Morgan fingerprint density at radius 3 is 2.68 bits per heavy atom. The standard InChI is InChI=1S/C12H15N3O4/c16-11(10-1-4-13-19-10)14-5-2-9(3-6-14)15-7-8-18-12(15)17/h1,4,9H,2-3,5-8H2. The van der Waals surface area contributed by atoms with Crippen LogP contribution in [0.1, 0.15) is 23.4 Å². The summed E-state index contributed by atoms with van der Waals surface area (Å²) in [4.78, 5) is 27.0. The van der Waals surface area contributed by atoms with Crippen LogP contribution in [-0.4, -0.2) is 59.2 Å². The van der Waals surface area contributed by atoms with Crippen molar-refractivity contribution in [1.29, 1.82) is 0 Å². The van der Waals surface area contributed by atoms with Crippen molar-refractivity contribution in [2.45, 2.75) is 18.9 Å². The van der Waals surface area contributed by atoms with Gasteiger partial charge >= 0.3 is 6.09 Å². The second-order valence-corrected chi connectivity index (χ2v) is 4.71. The highest BCUT2D eigenvalue weighted by Crippen LogP contribution is 2.21. The van der Waals surface area contributed by atoms with Crippen LogP contribution in [-0.2, 0) is 4.74 Å². The molecular weight excluding hydrogens is 250 g/mol. The Morgan fingerprint density at radius 2 is 2.11 bits per heavy atom. The molecule has 1 aromatic rings. The fourth-order valence-corrected chi connectivity index (χ4v) is 2.60.